The summed E-state index contributed by atoms with van der Waals surface area (Å²) >= 11 is 0. The first-order valence-corrected chi connectivity index (χ1v) is 7.07. The van der Waals surface area contributed by atoms with Gasteiger partial charge < -0.3 is 20.1 Å². The van der Waals surface area contributed by atoms with Gasteiger partial charge in [0.2, 0.25) is 12.7 Å². The Morgan fingerprint density at radius 3 is 2.91 bits per heavy atom. The number of benzene rings is 1. The molecule has 0 spiro atoms. The average Bonchev–Trinajstić information content (AvgIpc) is 2.98. The van der Waals surface area contributed by atoms with Gasteiger partial charge in [0, 0.05) is 24.8 Å². The fourth-order valence-electron chi connectivity index (χ4n) is 2.15. The highest BCUT2D eigenvalue weighted by Crippen LogP contribution is 2.32. The summed E-state index contributed by atoms with van der Waals surface area (Å²) in [6.07, 6.45) is 1.77. The average molecular weight is 298 g/mol. The number of aromatic nitrogens is 2. The summed E-state index contributed by atoms with van der Waals surface area (Å²) < 4.78 is 10.7. The van der Waals surface area contributed by atoms with E-state index in [1.165, 1.54) is 0 Å². The third-order valence-corrected chi connectivity index (χ3v) is 3.17. The van der Waals surface area contributed by atoms with Gasteiger partial charge in [-0.3, -0.25) is 0 Å². The summed E-state index contributed by atoms with van der Waals surface area (Å²) in [7, 11) is 0. The highest BCUT2D eigenvalue weighted by molar-refractivity contribution is 5.47. The third-order valence-electron chi connectivity index (χ3n) is 3.17. The minimum absolute atomic E-state index is 0.287. The van der Waals surface area contributed by atoms with Crippen LogP contribution in [0.2, 0.25) is 0 Å². The highest BCUT2D eigenvalue weighted by atomic mass is 16.7. The standard InChI is InChI=1S/C16H18N4O2/c1-3-6-17-16-19-11(2)7-15(20-16)18-9-12-4-5-13-14(8-12)22-10-21-13/h3-5,7-8H,1,6,9-10H2,2H3,(H2,17,18,19,20). The largest absolute Gasteiger partial charge is 0.454 e. The molecular formula is C16H18N4O2. The van der Waals surface area contributed by atoms with Gasteiger partial charge in [-0.05, 0) is 24.6 Å². The van der Waals surface area contributed by atoms with Crippen molar-refractivity contribution in [3.8, 4) is 11.5 Å². The number of ether oxygens (including phenoxy) is 2. The van der Waals surface area contributed by atoms with E-state index in [1.807, 2.05) is 31.2 Å². The normalized spacial score (nSPS) is 12.0. The molecule has 0 radical (unpaired) electrons. The second-order valence-corrected chi connectivity index (χ2v) is 4.93. The molecule has 0 bridgehead atoms. The smallest absolute Gasteiger partial charge is 0.231 e. The molecular weight excluding hydrogens is 280 g/mol. The van der Waals surface area contributed by atoms with Crippen LogP contribution in [0.15, 0.2) is 36.9 Å². The Morgan fingerprint density at radius 1 is 1.18 bits per heavy atom. The highest BCUT2D eigenvalue weighted by Gasteiger charge is 2.13. The monoisotopic (exact) mass is 298 g/mol. The Hall–Kier alpha value is -2.76. The quantitative estimate of drug-likeness (QED) is 0.799. The fourth-order valence-corrected chi connectivity index (χ4v) is 2.15. The van der Waals surface area contributed by atoms with Crippen molar-refractivity contribution in [2.75, 3.05) is 24.0 Å². The molecule has 0 unspecified atom stereocenters. The maximum atomic E-state index is 5.38. The summed E-state index contributed by atoms with van der Waals surface area (Å²) in [6.45, 7) is 7.17. The van der Waals surface area contributed by atoms with Crippen LogP contribution in [0, 0.1) is 6.92 Å². The van der Waals surface area contributed by atoms with E-state index in [0.717, 1.165) is 28.6 Å². The molecule has 0 atom stereocenters. The van der Waals surface area contributed by atoms with Gasteiger partial charge in [0.25, 0.3) is 0 Å². The van der Waals surface area contributed by atoms with E-state index >= 15 is 0 Å². The molecule has 0 aliphatic carbocycles. The van der Waals surface area contributed by atoms with E-state index in [4.69, 9.17) is 9.47 Å². The van der Waals surface area contributed by atoms with Gasteiger partial charge in [-0.25, -0.2) is 4.98 Å². The topological polar surface area (TPSA) is 68.3 Å². The number of anilines is 2. The zero-order valence-corrected chi connectivity index (χ0v) is 12.4. The molecule has 3 rings (SSSR count). The van der Waals surface area contributed by atoms with Crippen LogP contribution in [0.5, 0.6) is 11.5 Å². The molecule has 6 heteroatoms. The van der Waals surface area contributed by atoms with Crippen LogP contribution in [0.1, 0.15) is 11.3 Å². The summed E-state index contributed by atoms with van der Waals surface area (Å²) in [6, 6.07) is 7.80. The Morgan fingerprint density at radius 2 is 2.05 bits per heavy atom. The molecule has 1 aliphatic heterocycles. The summed E-state index contributed by atoms with van der Waals surface area (Å²) in [4.78, 5) is 8.75. The van der Waals surface area contributed by atoms with E-state index in [9.17, 15) is 0 Å². The van der Waals surface area contributed by atoms with Crippen molar-refractivity contribution in [3.05, 3.63) is 48.2 Å². The Balaban J connectivity index is 1.68. The molecule has 1 aromatic heterocycles. The van der Waals surface area contributed by atoms with Crippen LogP contribution >= 0.6 is 0 Å². The van der Waals surface area contributed by atoms with Crippen molar-refractivity contribution in [1.82, 2.24) is 9.97 Å². The lowest BCUT2D eigenvalue weighted by Gasteiger charge is -2.09. The van der Waals surface area contributed by atoms with Crippen LogP contribution in [0.3, 0.4) is 0 Å². The second kappa shape index (κ2) is 6.34. The van der Waals surface area contributed by atoms with Crippen molar-refractivity contribution >= 4 is 11.8 Å². The predicted molar refractivity (Wildman–Crippen MR) is 85.3 cm³/mol. The molecule has 2 heterocycles. The minimum Gasteiger partial charge on any atom is -0.454 e. The van der Waals surface area contributed by atoms with Crippen LogP contribution in [-0.2, 0) is 6.54 Å². The van der Waals surface area contributed by atoms with Crippen LogP contribution in [-0.4, -0.2) is 23.3 Å². The predicted octanol–water partition coefficient (Wildman–Crippen LogP) is 2.72. The zero-order valence-electron chi connectivity index (χ0n) is 12.4. The third kappa shape index (κ3) is 3.28. The van der Waals surface area contributed by atoms with E-state index in [1.54, 1.807) is 6.08 Å². The number of nitrogens with one attached hydrogen (secondary N) is 2. The summed E-state index contributed by atoms with van der Waals surface area (Å²) in [5.41, 5.74) is 2.00. The molecule has 1 aromatic carbocycles. The summed E-state index contributed by atoms with van der Waals surface area (Å²) in [5, 5.41) is 6.39. The fraction of sp³-hybridized carbons (Fsp3) is 0.250. The second-order valence-electron chi connectivity index (χ2n) is 4.93. The van der Waals surface area contributed by atoms with Gasteiger partial charge in [-0.15, -0.1) is 6.58 Å². The van der Waals surface area contributed by atoms with Crippen molar-refractivity contribution in [1.29, 1.82) is 0 Å². The SMILES string of the molecule is C=CCNc1nc(C)cc(NCc2ccc3c(c2)OCO3)n1. The lowest BCUT2D eigenvalue weighted by Crippen LogP contribution is -2.07. The Labute approximate surface area is 129 Å². The van der Waals surface area contributed by atoms with Crippen molar-refractivity contribution < 1.29 is 9.47 Å². The van der Waals surface area contributed by atoms with Gasteiger partial charge in [0.15, 0.2) is 11.5 Å². The number of nitrogens with zero attached hydrogens (tertiary/aromatic N) is 2. The van der Waals surface area contributed by atoms with E-state index in [2.05, 4.69) is 27.2 Å². The minimum atomic E-state index is 0.287. The van der Waals surface area contributed by atoms with E-state index in [-0.39, 0.29) is 6.79 Å². The Bertz CT molecular complexity index is 688. The summed E-state index contributed by atoms with van der Waals surface area (Å²) in [5.74, 6) is 2.94. The van der Waals surface area contributed by atoms with E-state index in [0.29, 0.717) is 19.0 Å². The van der Waals surface area contributed by atoms with Crippen molar-refractivity contribution in [2.45, 2.75) is 13.5 Å². The number of hydrogen-bond acceptors (Lipinski definition) is 6. The van der Waals surface area contributed by atoms with Gasteiger partial charge in [0.1, 0.15) is 5.82 Å². The zero-order chi connectivity index (χ0) is 15.4. The van der Waals surface area contributed by atoms with Crippen molar-refractivity contribution in [2.24, 2.45) is 0 Å². The molecule has 2 aromatic rings. The number of aryl methyl sites for hydroxylation is 1. The Kier molecular flexibility index (Phi) is 4.09. The lowest BCUT2D eigenvalue weighted by atomic mass is 10.2. The first-order chi connectivity index (χ1) is 10.7. The molecule has 0 saturated heterocycles. The van der Waals surface area contributed by atoms with Gasteiger partial charge in [0.05, 0.1) is 0 Å². The first-order valence-electron chi connectivity index (χ1n) is 7.07. The van der Waals surface area contributed by atoms with E-state index < -0.39 is 0 Å². The molecule has 114 valence electrons. The van der Waals surface area contributed by atoms with Gasteiger partial charge in [-0.2, -0.15) is 4.98 Å². The molecule has 22 heavy (non-hydrogen) atoms. The lowest BCUT2D eigenvalue weighted by molar-refractivity contribution is 0.174. The number of hydrogen-bond donors (Lipinski definition) is 2. The number of fused-ring (bicyclic) bond motifs is 1. The number of rotatable bonds is 6. The molecule has 6 nitrogen and oxygen atoms in total. The molecule has 0 fully saturated rings. The van der Waals surface area contributed by atoms with Gasteiger partial charge in [-0.1, -0.05) is 12.1 Å². The molecule has 0 saturated carbocycles. The van der Waals surface area contributed by atoms with Crippen molar-refractivity contribution in [3.63, 3.8) is 0 Å². The van der Waals surface area contributed by atoms with Crippen LogP contribution < -0.4 is 20.1 Å². The maximum Gasteiger partial charge on any atom is 0.231 e. The first kappa shape index (κ1) is 14.2. The van der Waals surface area contributed by atoms with Crippen LogP contribution in [0.4, 0.5) is 11.8 Å². The maximum absolute atomic E-state index is 5.38. The molecule has 0 amide bonds. The van der Waals surface area contributed by atoms with Gasteiger partial charge >= 0.3 is 0 Å². The van der Waals surface area contributed by atoms with Crippen LogP contribution in [0.25, 0.3) is 0 Å². The molecule has 2 N–H and O–H groups in total. The molecule has 1 aliphatic rings.